The number of nitrogens with two attached hydrogens (primary N) is 1. The van der Waals surface area contributed by atoms with Crippen LogP contribution in [-0.2, 0) is 17.6 Å². The number of rotatable bonds is 3. The third-order valence-electron chi connectivity index (χ3n) is 4.76. The molecular formula is C20H19BrN2O2S. The summed E-state index contributed by atoms with van der Waals surface area (Å²) in [6, 6.07) is 8.15. The van der Waals surface area contributed by atoms with E-state index in [1.165, 1.54) is 16.9 Å². The normalized spacial score (nSPS) is 13.6. The Labute approximate surface area is 164 Å². The fraction of sp³-hybridized carbons (Fsp3) is 0.300. The Bertz CT molecular complexity index is 1010. The fourth-order valence-electron chi connectivity index (χ4n) is 3.62. The molecule has 0 bridgehead atoms. The molecule has 4 nitrogen and oxygen atoms in total. The number of nitrogens with zero attached hydrogens (tertiary/aromatic N) is 1. The number of thiophene rings is 1. The van der Waals surface area contributed by atoms with Crippen molar-refractivity contribution < 1.29 is 9.53 Å². The van der Waals surface area contributed by atoms with Crippen molar-refractivity contribution in [1.82, 2.24) is 4.98 Å². The van der Waals surface area contributed by atoms with Crippen LogP contribution in [0.2, 0.25) is 0 Å². The molecule has 2 N–H and O–H groups in total. The molecule has 2 heterocycles. The molecule has 26 heavy (non-hydrogen) atoms. The zero-order chi connectivity index (χ0) is 18.3. The minimum atomic E-state index is -0.371. The van der Waals surface area contributed by atoms with Crippen molar-refractivity contribution >= 4 is 49.1 Å². The summed E-state index contributed by atoms with van der Waals surface area (Å²) >= 11 is 5.02. The Morgan fingerprint density at radius 1 is 1.31 bits per heavy atom. The van der Waals surface area contributed by atoms with Crippen molar-refractivity contribution in [3.63, 3.8) is 0 Å². The first kappa shape index (κ1) is 17.5. The van der Waals surface area contributed by atoms with Crippen LogP contribution in [0.5, 0.6) is 0 Å². The number of carbonyl (C=O) groups is 1. The molecule has 0 unspecified atom stereocenters. The Morgan fingerprint density at radius 3 is 2.85 bits per heavy atom. The first-order valence-electron chi connectivity index (χ1n) is 8.77. The van der Waals surface area contributed by atoms with Crippen LogP contribution < -0.4 is 5.73 Å². The zero-order valence-electron chi connectivity index (χ0n) is 14.5. The van der Waals surface area contributed by atoms with Crippen molar-refractivity contribution in [2.24, 2.45) is 0 Å². The SMILES string of the molecule is CCOC(=O)c1sc2nc3c(c(-c4ccccc4Br)c2c1N)CCCC3. The van der Waals surface area contributed by atoms with Crippen LogP contribution in [0.25, 0.3) is 21.3 Å². The monoisotopic (exact) mass is 430 g/mol. The molecule has 0 atom stereocenters. The average molecular weight is 431 g/mol. The summed E-state index contributed by atoms with van der Waals surface area (Å²) in [6.45, 7) is 2.12. The number of halogens is 1. The van der Waals surface area contributed by atoms with E-state index < -0.39 is 0 Å². The number of carbonyl (C=O) groups excluding carboxylic acids is 1. The zero-order valence-corrected chi connectivity index (χ0v) is 16.9. The van der Waals surface area contributed by atoms with Crippen molar-refractivity contribution in [2.45, 2.75) is 32.6 Å². The van der Waals surface area contributed by atoms with Gasteiger partial charge in [0.2, 0.25) is 0 Å². The molecule has 134 valence electrons. The van der Waals surface area contributed by atoms with E-state index in [1.807, 2.05) is 18.2 Å². The number of ether oxygens (including phenoxy) is 1. The lowest BCUT2D eigenvalue weighted by atomic mass is 9.87. The number of esters is 1. The Balaban J connectivity index is 2.07. The molecule has 0 radical (unpaired) electrons. The third kappa shape index (κ3) is 2.81. The minimum absolute atomic E-state index is 0.327. The Hall–Kier alpha value is -1.92. The van der Waals surface area contributed by atoms with Crippen LogP contribution in [0.1, 0.15) is 40.7 Å². The second-order valence-electron chi connectivity index (χ2n) is 6.34. The van der Waals surface area contributed by atoms with Gasteiger partial charge in [-0.15, -0.1) is 11.3 Å². The van der Waals surface area contributed by atoms with E-state index in [0.717, 1.165) is 57.2 Å². The lowest BCUT2D eigenvalue weighted by Crippen LogP contribution is -2.08. The van der Waals surface area contributed by atoms with Crippen molar-refractivity contribution in [3.8, 4) is 11.1 Å². The van der Waals surface area contributed by atoms with Gasteiger partial charge in [-0.25, -0.2) is 9.78 Å². The van der Waals surface area contributed by atoms with Crippen LogP contribution in [0, 0.1) is 0 Å². The number of nitrogen functional groups attached to an aromatic ring is 1. The van der Waals surface area contributed by atoms with Crippen LogP contribution in [0.3, 0.4) is 0 Å². The van der Waals surface area contributed by atoms with E-state index in [4.69, 9.17) is 15.5 Å². The van der Waals surface area contributed by atoms with Gasteiger partial charge in [0.15, 0.2) is 0 Å². The Morgan fingerprint density at radius 2 is 2.08 bits per heavy atom. The van der Waals surface area contributed by atoms with E-state index in [1.54, 1.807) is 6.92 Å². The summed E-state index contributed by atoms with van der Waals surface area (Å²) in [5, 5.41) is 0.880. The number of hydrogen-bond acceptors (Lipinski definition) is 5. The van der Waals surface area contributed by atoms with E-state index >= 15 is 0 Å². The maximum atomic E-state index is 12.3. The molecule has 6 heteroatoms. The van der Waals surface area contributed by atoms with Crippen LogP contribution >= 0.6 is 27.3 Å². The minimum Gasteiger partial charge on any atom is -0.462 e. The third-order valence-corrected chi connectivity index (χ3v) is 6.53. The molecule has 1 aromatic carbocycles. The van der Waals surface area contributed by atoms with Gasteiger partial charge in [0, 0.05) is 21.1 Å². The van der Waals surface area contributed by atoms with Crippen LogP contribution in [-0.4, -0.2) is 17.6 Å². The van der Waals surface area contributed by atoms with E-state index in [-0.39, 0.29) is 5.97 Å². The maximum absolute atomic E-state index is 12.3. The summed E-state index contributed by atoms with van der Waals surface area (Å²) < 4.78 is 6.20. The van der Waals surface area contributed by atoms with E-state index in [2.05, 4.69) is 22.0 Å². The molecule has 0 saturated heterocycles. The number of benzene rings is 1. The lowest BCUT2D eigenvalue weighted by Gasteiger charge is -2.20. The maximum Gasteiger partial charge on any atom is 0.350 e. The summed E-state index contributed by atoms with van der Waals surface area (Å²) in [4.78, 5) is 18.5. The second kappa shape index (κ2) is 7.00. The van der Waals surface area contributed by atoms with E-state index in [9.17, 15) is 4.79 Å². The molecule has 2 aromatic heterocycles. The average Bonchev–Trinajstić information content (AvgIpc) is 2.97. The molecule has 4 rings (SSSR count). The predicted octanol–water partition coefficient (Wildman–Crippen LogP) is 5.36. The largest absolute Gasteiger partial charge is 0.462 e. The smallest absolute Gasteiger partial charge is 0.350 e. The highest BCUT2D eigenvalue weighted by molar-refractivity contribution is 9.10. The molecule has 1 aliphatic carbocycles. The highest BCUT2D eigenvalue weighted by atomic mass is 79.9. The van der Waals surface area contributed by atoms with Gasteiger partial charge in [-0.2, -0.15) is 0 Å². The van der Waals surface area contributed by atoms with Gasteiger partial charge in [0.1, 0.15) is 9.71 Å². The van der Waals surface area contributed by atoms with Gasteiger partial charge in [0.05, 0.1) is 12.3 Å². The first-order chi connectivity index (χ1) is 12.6. The van der Waals surface area contributed by atoms with Gasteiger partial charge in [0.25, 0.3) is 0 Å². The predicted molar refractivity (Wildman–Crippen MR) is 110 cm³/mol. The quantitative estimate of drug-likeness (QED) is 0.567. The molecule has 0 saturated carbocycles. The topological polar surface area (TPSA) is 65.2 Å². The van der Waals surface area contributed by atoms with Crippen LogP contribution in [0.15, 0.2) is 28.7 Å². The first-order valence-corrected chi connectivity index (χ1v) is 10.4. The number of anilines is 1. The van der Waals surface area contributed by atoms with Crippen molar-refractivity contribution in [1.29, 1.82) is 0 Å². The molecular weight excluding hydrogens is 412 g/mol. The van der Waals surface area contributed by atoms with Crippen molar-refractivity contribution in [3.05, 3.63) is 44.9 Å². The van der Waals surface area contributed by atoms with Gasteiger partial charge in [-0.3, -0.25) is 0 Å². The fourth-order valence-corrected chi connectivity index (χ4v) is 5.12. The molecule has 0 spiro atoms. The molecule has 3 aromatic rings. The molecule has 1 aliphatic rings. The van der Waals surface area contributed by atoms with Gasteiger partial charge < -0.3 is 10.5 Å². The number of aromatic nitrogens is 1. The molecule has 0 fully saturated rings. The van der Waals surface area contributed by atoms with Gasteiger partial charge in [-0.1, -0.05) is 34.1 Å². The number of aryl methyl sites for hydroxylation is 1. The highest BCUT2D eigenvalue weighted by Gasteiger charge is 2.26. The van der Waals surface area contributed by atoms with Crippen LogP contribution in [0.4, 0.5) is 5.69 Å². The summed E-state index contributed by atoms with van der Waals surface area (Å²) in [5.74, 6) is -0.371. The van der Waals surface area contributed by atoms with Gasteiger partial charge in [-0.05, 0) is 49.8 Å². The molecule has 0 aliphatic heterocycles. The summed E-state index contributed by atoms with van der Waals surface area (Å²) in [5.41, 5.74) is 11.5. The van der Waals surface area contributed by atoms with Crippen molar-refractivity contribution in [2.75, 3.05) is 12.3 Å². The lowest BCUT2D eigenvalue weighted by molar-refractivity contribution is 0.0533. The number of pyridine rings is 1. The number of hydrogen-bond donors (Lipinski definition) is 1. The summed E-state index contributed by atoms with van der Waals surface area (Å²) in [6.07, 6.45) is 4.24. The van der Waals surface area contributed by atoms with Gasteiger partial charge >= 0.3 is 5.97 Å². The second-order valence-corrected chi connectivity index (χ2v) is 8.20. The Kier molecular flexibility index (Phi) is 4.71. The van der Waals surface area contributed by atoms with E-state index in [0.29, 0.717) is 17.2 Å². The highest BCUT2D eigenvalue weighted by Crippen LogP contribution is 2.45. The molecule has 0 amide bonds. The number of fused-ring (bicyclic) bond motifs is 2. The summed E-state index contributed by atoms with van der Waals surface area (Å²) in [7, 11) is 0. The standard InChI is InChI=1S/C20H19BrN2O2S/c1-2-25-20(24)18-17(22)16-15(11-7-3-5-9-13(11)21)12-8-4-6-10-14(12)23-19(16)26-18/h3,5,7,9H,2,4,6,8,10,22H2,1H3.